The lowest BCUT2D eigenvalue weighted by atomic mass is 10.1. The summed E-state index contributed by atoms with van der Waals surface area (Å²) >= 11 is 5.61. The number of hydrogen-bond acceptors (Lipinski definition) is 9. The minimum absolute atomic E-state index is 0.0398. The monoisotopic (exact) mass is 631 g/mol. The van der Waals surface area contributed by atoms with Gasteiger partial charge in [0.2, 0.25) is 0 Å². The number of hydrogen-bond donors (Lipinski definition) is 3. The Kier molecular flexibility index (Phi) is 11.7. The largest absolute Gasteiger partial charge is 0.435 e. The predicted octanol–water partition coefficient (Wildman–Crippen LogP) is 4.29. The molecule has 0 aliphatic heterocycles. The maximum atomic E-state index is 14.4. The summed E-state index contributed by atoms with van der Waals surface area (Å²) in [6, 6.07) is 3.60. The zero-order valence-electron chi connectivity index (χ0n) is 23.4. The third-order valence-corrected chi connectivity index (χ3v) is 6.32. The smallest absolute Gasteiger partial charge is 0.404 e. The van der Waals surface area contributed by atoms with Crippen molar-refractivity contribution in [3.63, 3.8) is 0 Å². The molecule has 43 heavy (non-hydrogen) atoms. The number of nitrogens with zero attached hydrogens (tertiary/aromatic N) is 5. The first kappa shape index (κ1) is 34.0. The van der Waals surface area contributed by atoms with E-state index in [0.29, 0.717) is 18.6 Å². The lowest BCUT2D eigenvalue weighted by Gasteiger charge is -2.26. The van der Waals surface area contributed by atoms with Crippen molar-refractivity contribution in [1.29, 1.82) is 0 Å². The Balaban J connectivity index is 2.03. The summed E-state index contributed by atoms with van der Waals surface area (Å²) < 4.78 is 82.3. The molecular weight excluding hydrogens is 601 g/mol. The molecule has 0 saturated heterocycles. The number of pyridine rings is 1. The first-order valence-corrected chi connectivity index (χ1v) is 13.4. The molecule has 0 aliphatic carbocycles. The van der Waals surface area contributed by atoms with E-state index in [0.717, 1.165) is 29.4 Å². The van der Waals surface area contributed by atoms with Crippen LogP contribution in [0.2, 0.25) is 5.02 Å². The number of rotatable bonds is 13. The number of aliphatic hydroxyl groups is 1. The minimum atomic E-state index is -4.84. The van der Waals surface area contributed by atoms with Gasteiger partial charge < -0.3 is 26.0 Å². The van der Waals surface area contributed by atoms with Gasteiger partial charge in [-0.05, 0) is 44.0 Å². The van der Waals surface area contributed by atoms with Crippen LogP contribution < -0.4 is 11.5 Å². The Bertz CT molecular complexity index is 1470. The third-order valence-electron chi connectivity index (χ3n) is 6.03. The van der Waals surface area contributed by atoms with Crippen LogP contribution in [0.3, 0.4) is 0 Å². The van der Waals surface area contributed by atoms with Crippen LogP contribution in [0.25, 0.3) is 11.3 Å². The highest BCUT2D eigenvalue weighted by Gasteiger charge is 2.38. The topological polar surface area (TPSA) is 147 Å². The second-order valence-corrected chi connectivity index (χ2v) is 9.56. The fraction of sp³-hybridized carbons (Fsp3) is 0.407. The van der Waals surface area contributed by atoms with Crippen LogP contribution in [-0.4, -0.2) is 63.2 Å². The van der Waals surface area contributed by atoms with E-state index >= 15 is 0 Å². The Hall–Kier alpha value is -3.50. The summed E-state index contributed by atoms with van der Waals surface area (Å²) in [5, 5.41) is 14.9. The molecule has 0 amide bonds. The summed E-state index contributed by atoms with van der Waals surface area (Å²) in [6.45, 7) is 4.65. The van der Waals surface area contributed by atoms with E-state index in [1.807, 2.05) is 0 Å². The normalized spacial score (nSPS) is 14.8. The van der Waals surface area contributed by atoms with Gasteiger partial charge in [0, 0.05) is 36.4 Å². The molecule has 3 atom stereocenters. The van der Waals surface area contributed by atoms with Gasteiger partial charge in [-0.15, -0.1) is 0 Å². The molecule has 2 aromatic heterocycles. The van der Waals surface area contributed by atoms with Gasteiger partial charge in [0.25, 0.3) is 0 Å². The molecular formula is C27H31ClF5N7O3. The average Bonchev–Trinajstić information content (AvgIpc) is 3.36. The molecule has 0 saturated carbocycles. The lowest BCUT2D eigenvalue weighted by Crippen LogP contribution is -2.37. The predicted molar refractivity (Wildman–Crippen MR) is 149 cm³/mol. The van der Waals surface area contributed by atoms with Gasteiger partial charge in [-0.2, -0.15) is 18.3 Å². The molecule has 5 N–H and O–H groups in total. The fourth-order valence-corrected chi connectivity index (χ4v) is 4.10. The van der Waals surface area contributed by atoms with E-state index in [2.05, 4.69) is 20.1 Å². The molecule has 1 aromatic carbocycles. The number of ether oxygens (including phenoxy) is 2. The number of halogens is 6. The van der Waals surface area contributed by atoms with Gasteiger partial charge in [0.05, 0.1) is 23.9 Å². The maximum Gasteiger partial charge on any atom is 0.435 e. The summed E-state index contributed by atoms with van der Waals surface area (Å²) in [5.74, 6) is -2.68. The molecule has 0 radical (unpaired) electrons. The number of nitrogens with two attached hydrogens (primary N) is 2. The Morgan fingerprint density at radius 3 is 2.58 bits per heavy atom. The van der Waals surface area contributed by atoms with Crippen molar-refractivity contribution >= 4 is 23.4 Å². The SMILES string of the molecule is CCOCC(N)OC(c1nc(C)nn1-c1cc(CC)cnc1C(F)(F)F)[C@@H](O)CN=CC(=CN)c1ccc(Cl)c(F)c1F. The molecule has 0 fully saturated rings. The zero-order chi connectivity index (χ0) is 31.9. The fourth-order valence-electron chi connectivity index (χ4n) is 3.95. The summed E-state index contributed by atoms with van der Waals surface area (Å²) in [7, 11) is 0. The van der Waals surface area contributed by atoms with E-state index < -0.39 is 59.2 Å². The Labute approximate surface area is 249 Å². The van der Waals surface area contributed by atoms with Crippen molar-refractivity contribution in [3.8, 4) is 5.69 Å². The van der Waals surface area contributed by atoms with E-state index in [9.17, 15) is 27.1 Å². The van der Waals surface area contributed by atoms with Crippen LogP contribution >= 0.6 is 11.6 Å². The highest BCUT2D eigenvalue weighted by atomic mass is 35.5. The van der Waals surface area contributed by atoms with Crippen LogP contribution in [0.15, 0.2) is 35.6 Å². The van der Waals surface area contributed by atoms with Crippen LogP contribution in [0.1, 0.15) is 48.4 Å². The molecule has 10 nitrogen and oxygen atoms in total. The number of aromatic nitrogens is 4. The molecule has 0 aliphatic rings. The number of aliphatic imine (C=N–C) groups is 1. The van der Waals surface area contributed by atoms with E-state index in [1.54, 1.807) is 13.8 Å². The average molecular weight is 632 g/mol. The van der Waals surface area contributed by atoms with Crippen molar-refractivity contribution in [2.75, 3.05) is 19.8 Å². The van der Waals surface area contributed by atoms with E-state index in [4.69, 9.17) is 32.5 Å². The summed E-state index contributed by atoms with van der Waals surface area (Å²) in [4.78, 5) is 11.9. The number of allylic oxidation sites excluding steroid dienone is 1. The summed E-state index contributed by atoms with van der Waals surface area (Å²) in [5.41, 5.74) is 10.2. The van der Waals surface area contributed by atoms with E-state index in [1.165, 1.54) is 19.1 Å². The number of aliphatic hydroxyl groups excluding tert-OH is 1. The number of benzene rings is 1. The third kappa shape index (κ3) is 8.32. The zero-order valence-corrected chi connectivity index (χ0v) is 24.2. The number of alkyl halides is 3. The Morgan fingerprint density at radius 1 is 1.23 bits per heavy atom. The molecule has 3 aromatic rings. The van der Waals surface area contributed by atoms with Gasteiger partial charge in [0.1, 0.15) is 24.3 Å². The summed E-state index contributed by atoms with van der Waals surface area (Å²) in [6.07, 6.45) is -5.48. The number of aryl methyl sites for hydroxylation is 2. The van der Waals surface area contributed by atoms with Gasteiger partial charge in [-0.1, -0.05) is 18.5 Å². The molecule has 0 spiro atoms. The Morgan fingerprint density at radius 2 is 1.95 bits per heavy atom. The second-order valence-electron chi connectivity index (χ2n) is 9.15. The van der Waals surface area contributed by atoms with Crippen molar-refractivity contribution in [1.82, 2.24) is 19.7 Å². The highest BCUT2D eigenvalue weighted by Crippen LogP contribution is 2.34. The maximum absolute atomic E-state index is 14.4. The molecule has 2 unspecified atom stereocenters. The van der Waals surface area contributed by atoms with Gasteiger partial charge in [-0.3, -0.25) is 4.99 Å². The molecule has 234 valence electrons. The molecule has 0 bridgehead atoms. The molecule has 2 heterocycles. The van der Waals surface area contributed by atoms with Crippen LogP contribution in [-0.2, 0) is 22.1 Å². The minimum Gasteiger partial charge on any atom is -0.404 e. The quantitative estimate of drug-likeness (QED) is 0.110. The van der Waals surface area contributed by atoms with Crippen molar-refractivity contribution in [3.05, 3.63) is 75.7 Å². The standard InChI is InChI=1S/C27H31ClF5N7O3/c1-4-15-8-19(25(37-10-15)27(31,32)33)40-26(38-14(3)39-40)24(43-21(35)13-42-5-2)20(41)12-36-11-16(9-34)17-6-7-18(28)23(30)22(17)29/h6-11,20-21,24,41H,4-5,12-13,34-35H2,1-3H3/t20-,21?,24?/m0/s1. The lowest BCUT2D eigenvalue weighted by molar-refractivity contribution is -0.141. The van der Waals surface area contributed by atoms with Gasteiger partial charge in [-0.25, -0.2) is 23.4 Å². The van der Waals surface area contributed by atoms with Crippen molar-refractivity contribution in [2.24, 2.45) is 16.5 Å². The second kappa shape index (κ2) is 14.8. The first-order chi connectivity index (χ1) is 20.3. The molecule has 3 rings (SSSR count). The van der Waals surface area contributed by atoms with Crippen LogP contribution in [0.4, 0.5) is 22.0 Å². The highest BCUT2D eigenvalue weighted by molar-refractivity contribution is 6.30. The van der Waals surface area contributed by atoms with Crippen LogP contribution in [0.5, 0.6) is 0 Å². The first-order valence-electron chi connectivity index (χ1n) is 13.0. The van der Waals surface area contributed by atoms with Gasteiger partial charge in [0.15, 0.2) is 23.2 Å². The van der Waals surface area contributed by atoms with E-state index in [-0.39, 0.29) is 29.4 Å². The molecule has 16 heteroatoms. The van der Waals surface area contributed by atoms with Crippen LogP contribution in [0, 0.1) is 18.6 Å². The van der Waals surface area contributed by atoms with Crippen molar-refractivity contribution < 1.29 is 36.5 Å². The van der Waals surface area contributed by atoms with Crippen molar-refractivity contribution in [2.45, 2.75) is 51.8 Å². The van der Waals surface area contributed by atoms with Gasteiger partial charge >= 0.3 is 6.18 Å².